The van der Waals surface area contributed by atoms with Gasteiger partial charge in [0.15, 0.2) is 12.0 Å². The van der Waals surface area contributed by atoms with Crippen molar-refractivity contribution in [2.24, 2.45) is 15.1 Å². The summed E-state index contributed by atoms with van der Waals surface area (Å²) >= 11 is 0. The molecule has 0 aromatic heterocycles. The summed E-state index contributed by atoms with van der Waals surface area (Å²) in [5.74, 6) is -0.0837. The fraction of sp³-hybridized carbons (Fsp3) is 0. The van der Waals surface area contributed by atoms with Gasteiger partial charge in [0.25, 0.3) is 0 Å². The third-order valence-electron chi connectivity index (χ3n) is 0.922. The molecule has 0 radical (unpaired) electrons. The van der Waals surface area contributed by atoms with E-state index in [2.05, 4.69) is 25.5 Å². The molecule has 1 rings (SSSR count). The maximum absolute atomic E-state index is 9.82. The van der Waals surface area contributed by atoms with Crippen molar-refractivity contribution in [3.05, 3.63) is 12.0 Å². The highest BCUT2D eigenvalue weighted by Crippen LogP contribution is 2.03. The Kier molecular flexibility index (Phi) is 2.51. The molecule has 0 saturated heterocycles. The van der Waals surface area contributed by atoms with Crippen molar-refractivity contribution in [1.29, 1.82) is 0 Å². The highest BCUT2D eigenvalue weighted by atomic mass is 16.7. The largest absolute Gasteiger partial charge is 0.370 e. The zero-order chi connectivity index (χ0) is 8.81. The van der Waals surface area contributed by atoms with E-state index in [1.807, 2.05) is 0 Å². The van der Waals surface area contributed by atoms with Gasteiger partial charge in [-0.15, -0.1) is 15.7 Å². The van der Waals surface area contributed by atoms with Gasteiger partial charge in [-0.1, -0.05) is 0 Å². The number of nitrogens with zero attached hydrogens (tertiary/aromatic N) is 3. The first-order valence-corrected chi connectivity index (χ1v) is 2.73. The van der Waals surface area contributed by atoms with Gasteiger partial charge in [-0.2, -0.15) is 4.99 Å². The molecule has 0 saturated carbocycles. The molecule has 0 aromatic carbocycles. The Morgan fingerprint density at radius 1 is 1.42 bits per heavy atom. The molecule has 7 heteroatoms. The number of rotatable bonds is 1. The Morgan fingerprint density at radius 3 is 2.83 bits per heavy atom. The molecule has 0 aromatic rings. The van der Waals surface area contributed by atoms with Crippen molar-refractivity contribution in [3.63, 3.8) is 0 Å². The molecule has 1 heterocycles. The van der Waals surface area contributed by atoms with Crippen molar-refractivity contribution in [1.82, 2.24) is 5.59 Å². The summed E-state index contributed by atoms with van der Waals surface area (Å²) in [5.41, 5.74) is 2.06. The van der Waals surface area contributed by atoms with E-state index in [0.29, 0.717) is 0 Å². The molecule has 0 atom stereocenters. The van der Waals surface area contributed by atoms with E-state index in [-0.39, 0.29) is 11.5 Å². The van der Waals surface area contributed by atoms with Crippen LogP contribution in [0.5, 0.6) is 0 Å². The molecule has 0 spiro atoms. The Morgan fingerprint density at radius 2 is 2.17 bits per heavy atom. The van der Waals surface area contributed by atoms with E-state index in [1.165, 1.54) is 12.2 Å². The number of hydrogen-bond donors (Lipinski definition) is 1. The van der Waals surface area contributed by atoms with Crippen LogP contribution in [0.4, 0.5) is 0 Å². The maximum Gasteiger partial charge on any atom is 0.242 e. The zero-order valence-electron chi connectivity index (χ0n) is 5.64. The summed E-state index contributed by atoms with van der Waals surface area (Å²) in [6.07, 6.45) is 3.56. The van der Waals surface area contributed by atoms with Crippen LogP contribution in [-0.4, -0.2) is 18.0 Å². The second kappa shape index (κ2) is 3.82. The van der Waals surface area contributed by atoms with Gasteiger partial charge in [0.05, 0.1) is 0 Å². The minimum Gasteiger partial charge on any atom is -0.370 e. The fourth-order valence-corrected chi connectivity index (χ4v) is 0.513. The van der Waals surface area contributed by atoms with Crippen LogP contribution in [0.15, 0.2) is 27.0 Å². The molecule has 12 heavy (non-hydrogen) atoms. The minimum atomic E-state index is -0.0837. The summed E-state index contributed by atoms with van der Waals surface area (Å²) in [5, 5.41) is 3.39. The average molecular weight is 166 g/mol. The monoisotopic (exact) mass is 166 g/mol. The first-order chi connectivity index (χ1) is 5.88. The topological polar surface area (TPSA) is 92.5 Å². The van der Waals surface area contributed by atoms with Gasteiger partial charge >= 0.3 is 0 Å². The zero-order valence-corrected chi connectivity index (χ0v) is 5.64. The molecule has 7 nitrogen and oxygen atoms in total. The van der Waals surface area contributed by atoms with E-state index < -0.39 is 0 Å². The Labute approximate surface area is 66.1 Å². The third-order valence-corrected chi connectivity index (χ3v) is 0.922. The van der Waals surface area contributed by atoms with E-state index in [1.54, 1.807) is 0 Å². The van der Waals surface area contributed by atoms with E-state index in [9.17, 15) is 9.59 Å². The second-order valence-corrected chi connectivity index (χ2v) is 1.55. The number of amidine groups is 1. The normalized spacial score (nSPS) is 13.7. The maximum atomic E-state index is 9.82. The average Bonchev–Trinajstić information content (AvgIpc) is 2.09. The minimum absolute atomic E-state index is 0.00657. The molecule has 0 amide bonds. The van der Waals surface area contributed by atoms with Crippen molar-refractivity contribution < 1.29 is 14.4 Å². The summed E-state index contributed by atoms with van der Waals surface area (Å²) in [6, 6.07) is 0. The second-order valence-electron chi connectivity index (χ2n) is 1.55. The van der Waals surface area contributed by atoms with Crippen LogP contribution in [-0.2, 0) is 14.4 Å². The Hall–Kier alpha value is -2.23. The van der Waals surface area contributed by atoms with Crippen molar-refractivity contribution in [2.45, 2.75) is 0 Å². The molecule has 60 valence electrons. The molecule has 0 aliphatic carbocycles. The predicted molar refractivity (Wildman–Crippen MR) is 36.0 cm³/mol. The van der Waals surface area contributed by atoms with Crippen LogP contribution >= 0.6 is 0 Å². The predicted octanol–water partition coefficient (Wildman–Crippen LogP) is -0.652. The molecular weight excluding hydrogens is 164 g/mol. The first kappa shape index (κ1) is 7.87. The van der Waals surface area contributed by atoms with Crippen LogP contribution in [0.1, 0.15) is 0 Å². The van der Waals surface area contributed by atoms with Gasteiger partial charge in [0.2, 0.25) is 18.0 Å². The lowest BCUT2D eigenvalue weighted by atomic mass is 10.4. The van der Waals surface area contributed by atoms with Crippen molar-refractivity contribution in [3.8, 4) is 0 Å². The lowest BCUT2D eigenvalue weighted by molar-refractivity contribution is 0.132. The van der Waals surface area contributed by atoms with Gasteiger partial charge in [0, 0.05) is 0 Å². The number of nitrogens with one attached hydrogen (secondary N) is 1. The van der Waals surface area contributed by atoms with Gasteiger partial charge < -0.3 is 4.84 Å². The Bertz CT molecular complexity index is 299. The summed E-state index contributed by atoms with van der Waals surface area (Å²) in [4.78, 5) is 30.4. The van der Waals surface area contributed by atoms with E-state index >= 15 is 0 Å². The van der Waals surface area contributed by atoms with Crippen LogP contribution in [0, 0.1) is 0 Å². The number of carbonyl (C=O) groups excluding carboxylic acids is 2. The highest BCUT2D eigenvalue weighted by molar-refractivity contribution is 6.01. The molecule has 1 aliphatic heterocycles. The van der Waals surface area contributed by atoms with Crippen molar-refractivity contribution >= 4 is 18.0 Å². The fourth-order valence-electron chi connectivity index (χ4n) is 0.513. The number of hydrogen-bond acceptors (Lipinski definition) is 7. The first-order valence-electron chi connectivity index (χ1n) is 2.73. The molecular formula is C5H2N4O3. The SMILES string of the molecule is O=C=NC1=CONN=C1N=C=O. The summed E-state index contributed by atoms with van der Waals surface area (Å²) in [7, 11) is 0. The quantitative estimate of drug-likeness (QED) is 0.413. The lowest BCUT2D eigenvalue weighted by Gasteiger charge is -2.05. The van der Waals surface area contributed by atoms with Gasteiger partial charge in [-0.05, 0) is 0 Å². The molecule has 1 aliphatic rings. The van der Waals surface area contributed by atoms with E-state index in [4.69, 9.17) is 0 Å². The van der Waals surface area contributed by atoms with Gasteiger partial charge in [-0.3, -0.25) is 0 Å². The molecule has 0 fully saturated rings. The number of aliphatic imine (C=N–C) groups is 2. The Balaban J connectivity index is 2.96. The molecule has 0 unspecified atom stereocenters. The molecule has 0 bridgehead atoms. The number of hydrazone groups is 1. The molecule has 1 N–H and O–H groups in total. The van der Waals surface area contributed by atoms with Crippen LogP contribution in [0.3, 0.4) is 0 Å². The summed E-state index contributed by atoms with van der Waals surface area (Å²) in [6.45, 7) is 0. The van der Waals surface area contributed by atoms with Crippen molar-refractivity contribution in [2.75, 3.05) is 0 Å². The van der Waals surface area contributed by atoms with Crippen LogP contribution in [0.2, 0.25) is 0 Å². The standard InChI is InChI=1S/C5H2N4O3/c10-2-6-4-1-12-9-8-5(4)7-3-11/h1,9H. The van der Waals surface area contributed by atoms with Gasteiger partial charge in [-0.25, -0.2) is 9.59 Å². The van der Waals surface area contributed by atoms with Crippen LogP contribution < -0.4 is 5.59 Å². The summed E-state index contributed by atoms with van der Waals surface area (Å²) < 4.78 is 0. The smallest absolute Gasteiger partial charge is 0.242 e. The number of isocyanates is 2. The lowest BCUT2D eigenvalue weighted by Crippen LogP contribution is -2.14. The van der Waals surface area contributed by atoms with Crippen LogP contribution in [0.25, 0.3) is 0 Å². The van der Waals surface area contributed by atoms with Gasteiger partial charge in [0.1, 0.15) is 0 Å². The highest BCUT2D eigenvalue weighted by Gasteiger charge is 2.09. The third kappa shape index (κ3) is 1.63. The van der Waals surface area contributed by atoms with E-state index in [0.717, 1.165) is 6.26 Å².